The smallest absolute Gasteiger partial charge is 0.0933 e. The van der Waals surface area contributed by atoms with E-state index in [-0.39, 0.29) is 0 Å². The van der Waals surface area contributed by atoms with Gasteiger partial charge in [0.25, 0.3) is 0 Å². The molecular weight excluding hydrogens is 155 g/mol. The largest absolute Gasteiger partial charge is 0.114 e. The molecular formula is C12H17B. The summed E-state index contributed by atoms with van der Waals surface area (Å²) < 4.78 is 0. The zero-order chi connectivity index (χ0) is 10.0. The third kappa shape index (κ3) is 2.36. The van der Waals surface area contributed by atoms with Crippen LogP contribution < -0.4 is 5.46 Å². The van der Waals surface area contributed by atoms with Crippen LogP contribution in [0.25, 0.3) is 0 Å². The topological polar surface area (TPSA) is 0 Å². The van der Waals surface area contributed by atoms with Gasteiger partial charge in [-0.25, -0.2) is 0 Å². The molecule has 1 aromatic rings. The van der Waals surface area contributed by atoms with Gasteiger partial charge in [0.2, 0.25) is 0 Å². The summed E-state index contributed by atoms with van der Waals surface area (Å²) in [6, 6.07) is 6.36. The van der Waals surface area contributed by atoms with Crippen LogP contribution in [0.3, 0.4) is 0 Å². The first-order valence-electron chi connectivity index (χ1n) is 4.91. The molecule has 0 amide bonds. The van der Waals surface area contributed by atoms with Crippen LogP contribution in [0.4, 0.5) is 0 Å². The molecule has 0 aliphatic heterocycles. The maximum absolute atomic E-state index is 5.89. The molecule has 0 saturated carbocycles. The van der Waals surface area contributed by atoms with Crippen molar-refractivity contribution in [2.24, 2.45) is 0 Å². The van der Waals surface area contributed by atoms with Crippen molar-refractivity contribution in [1.82, 2.24) is 0 Å². The van der Waals surface area contributed by atoms with Gasteiger partial charge in [-0.1, -0.05) is 56.9 Å². The van der Waals surface area contributed by atoms with Crippen LogP contribution in [-0.2, 0) is 0 Å². The summed E-state index contributed by atoms with van der Waals surface area (Å²) in [7, 11) is 5.89. The van der Waals surface area contributed by atoms with Gasteiger partial charge < -0.3 is 0 Å². The first-order valence-corrected chi connectivity index (χ1v) is 4.91. The molecule has 0 aromatic heterocycles. The SMILES string of the molecule is [B]c1ccc(C(C)C)cc1C(C)C. The molecule has 0 aliphatic carbocycles. The third-order valence-electron chi connectivity index (χ3n) is 2.40. The summed E-state index contributed by atoms with van der Waals surface area (Å²) in [6.45, 7) is 8.76. The Hall–Kier alpha value is -0.715. The van der Waals surface area contributed by atoms with Crippen molar-refractivity contribution in [3.63, 3.8) is 0 Å². The van der Waals surface area contributed by atoms with Gasteiger partial charge in [-0.15, -0.1) is 0 Å². The number of hydrogen-bond acceptors (Lipinski definition) is 0. The highest BCUT2D eigenvalue weighted by atomic mass is 14.1. The van der Waals surface area contributed by atoms with Crippen molar-refractivity contribution in [2.45, 2.75) is 39.5 Å². The fourth-order valence-electron chi connectivity index (χ4n) is 1.45. The van der Waals surface area contributed by atoms with Crippen molar-refractivity contribution in [1.29, 1.82) is 0 Å². The Morgan fingerprint density at radius 2 is 1.62 bits per heavy atom. The molecule has 1 rings (SSSR count). The highest BCUT2D eigenvalue weighted by molar-refractivity contribution is 6.33. The molecule has 0 aliphatic rings. The fourth-order valence-corrected chi connectivity index (χ4v) is 1.45. The normalized spacial score (nSPS) is 11.2. The van der Waals surface area contributed by atoms with E-state index in [0.717, 1.165) is 5.46 Å². The average Bonchev–Trinajstić information content (AvgIpc) is 2.04. The van der Waals surface area contributed by atoms with Crippen molar-refractivity contribution < 1.29 is 0 Å². The Morgan fingerprint density at radius 1 is 1.00 bits per heavy atom. The van der Waals surface area contributed by atoms with Crippen molar-refractivity contribution >= 4 is 13.3 Å². The monoisotopic (exact) mass is 172 g/mol. The summed E-state index contributed by atoms with van der Waals surface area (Å²) in [5, 5.41) is 0. The fraction of sp³-hybridized carbons (Fsp3) is 0.500. The molecule has 0 heterocycles. The molecule has 13 heavy (non-hydrogen) atoms. The van der Waals surface area contributed by atoms with E-state index < -0.39 is 0 Å². The molecule has 1 heteroatoms. The molecule has 0 bridgehead atoms. The van der Waals surface area contributed by atoms with Crippen LogP contribution in [0.5, 0.6) is 0 Å². The minimum absolute atomic E-state index is 0.513. The van der Waals surface area contributed by atoms with Crippen LogP contribution >= 0.6 is 0 Å². The summed E-state index contributed by atoms with van der Waals surface area (Å²) in [5.41, 5.74) is 3.56. The zero-order valence-corrected chi connectivity index (χ0v) is 8.96. The van der Waals surface area contributed by atoms with E-state index in [0.29, 0.717) is 11.8 Å². The molecule has 0 spiro atoms. The summed E-state index contributed by atoms with van der Waals surface area (Å²) in [5.74, 6) is 1.09. The first-order chi connectivity index (χ1) is 6.02. The van der Waals surface area contributed by atoms with E-state index in [9.17, 15) is 0 Å². The van der Waals surface area contributed by atoms with Gasteiger partial charge in [0.15, 0.2) is 0 Å². The van der Waals surface area contributed by atoms with E-state index in [2.05, 4.69) is 39.8 Å². The lowest BCUT2D eigenvalue weighted by Crippen LogP contribution is -2.12. The first kappa shape index (κ1) is 10.4. The molecule has 0 unspecified atom stereocenters. The van der Waals surface area contributed by atoms with E-state index in [1.807, 2.05) is 6.07 Å². The Labute approximate surface area is 82.8 Å². The van der Waals surface area contributed by atoms with E-state index >= 15 is 0 Å². The number of hydrogen-bond donors (Lipinski definition) is 0. The van der Waals surface area contributed by atoms with Gasteiger partial charge in [-0.3, -0.25) is 0 Å². The minimum atomic E-state index is 0.513. The molecule has 2 radical (unpaired) electrons. The number of rotatable bonds is 2. The molecule has 0 fully saturated rings. The van der Waals surface area contributed by atoms with E-state index in [4.69, 9.17) is 7.85 Å². The van der Waals surface area contributed by atoms with Crippen molar-refractivity contribution in [3.05, 3.63) is 29.3 Å². The van der Waals surface area contributed by atoms with Crippen LogP contribution in [0.1, 0.15) is 50.7 Å². The second-order valence-corrected chi connectivity index (χ2v) is 4.20. The Balaban J connectivity index is 3.11. The van der Waals surface area contributed by atoms with Gasteiger partial charge in [0.1, 0.15) is 7.85 Å². The predicted molar refractivity (Wildman–Crippen MR) is 60.0 cm³/mol. The highest BCUT2D eigenvalue weighted by Gasteiger charge is 2.05. The molecule has 68 valence electrons. The summed E-state index contributed by atoms with van der Waals surface area (Å²) in [4.78, 5) is 0. The van der Waals surface area contributed by atoms with Gasteiger partial charge >= 0.3 is 0 Å². The Kier molecular flexibility index (Phi) is 3.19. The van der Waals surface area contributed by atoms with Crippen LogP contribution in [0, 0.1) is 0 Å². The van der Waals surface area contributed by atoms with E-state index in [1.165, 1.54) is 11.1 Å². The van der Waals surface area contributed by atoms with Gasteiger partial charge in [0, 0.05) is 0 Å². The average molecular weight is 172 g/mol. The molecule has 0 N–H and O–H groups in total. The lowest BCUT2D eigenvalue weighted by atomic mass is 9.83. The minimum Gasteiger partial charge on any atom is -0.0933 e. The molecule has 0 nitrogen and oxygen atoms in total. The Morgan fingerprint density at radius 3 is 2.08 bits per heavy atom. The van der Waals surface area contributed by atoms with Crippen LogP contribution in [0.2, 0.25) is 0 Å². The van der Waals surface area contributed by atoms with Crippen LogP contribution in [0.15, 0.2) is 18.2 Å². The quantitative estimate of drug-likeness (QED) is 0.601. The lowest BCUT2D eigenvalue weighted by Gasteiger charge is -2.14. The highest BCUT2D eigenvalue weighted by Crippen LogP contribution is 2.18. The van der Waals surface area contributed by atoms with Gasteiger partial charge in [-0.05, 0) is 17.4 Å². The lowest BCUT2D eigenvalue weighted by molar-refractivity contribution is 0.838. The van der Waals surface area contributed by atoms with Crippen LogP contribution in [-0.4, -0.2) is 7.85 Å². The second-order valence-electron chi connectivity index (χ2n) is 4.20. The van der Waals surface area contributed by atoms with E-state index in [1.54, 1.807) is 0 Å². The molecule has 0 atom stereocenters. The summed E-state index contributed by atoms with van der Waals surface area (Å²) in [6.07, 6.45) is 0. The maximum Gasteiger partial charge on any atom is 0.114 e. The number of benzene rings is 1. The third-order valence-corrected chi connectivity index (χ3v) is 2.40. The Bertz CT molecular complexity index is 287. The standard InChI is InChI=1S/C12H17B/c1-8(2)10-5-6-12(13)11(7-10)9(3)4/h5-9H,1-4H3. The molecule has 1 aromatic carbocycles. The summed E-state index contributed by atoms with van der Waals surface area (Å²) >= 11 is 0. The van der Waals surface area contributed by atoms with Gasteiger partial charge in [-0.2, -0.15) is 0 Å². The molecule has 0 saturated heterocycles. The maximum atomic E-state index is 5.89. The van der Waals surface area contributed by atoms with Crippen molar-refractivity contribution in [2.75, 3.05) is 0 Å². The van der Waals surface area contributed by atoms with Gasteiger partial charge in [0.05, 0.1) is 0 Å². The zero-order valence-electron chi connectivity index (χ0n) is 8.96. The second kappa shape index (κ2) is 4.00. The predicted octanol–water partition coefficient (Wildman–Crippen LogP) is 2.73. The van der Waals surface area contributed by atoms with Crippen molar-refractivity contribution in [3.8, 4) is 0 Å².